The second-order valence-corrected chi connectivity index (χ2v) is 5.64. The number of benzene rings is 2. The largest absolute Gasteiger partial charge is 0.493 e. The molecule has 0 unspecified atom stereocenters. The van der Waals surface area contributed by atoms with E-state index < -0.39 is 4.92 Å². The summed E-state index contributed by atoms with van der Waals surface area (Å²) >= 11 is 0. The molecule has 1 N–H and O–H groups in total. The van der Waals surface area contributed by atoms with Crippen LogP contribution in [0.5, 0.6) is 11.5 Å². The molecule has 0 heterocycles. The molecule has 0 saturated carbocycles. The summed E-state index contributed by atoms with van der Waals surface area (Å²) in [5, 5.41) is 18.2. The molecule has 0 saturated heterocycles. The summed E-state index contributed by atoms with van der Waals surface area (Å²) in [5.74, 6) is 1.18. The van der Waals surface area contributed by atoms with Crippen molar-refractivity contribution in [2.75, 3.05) is 34.9 Å². The number of hydrogen-bond donors (Lipinski definition) is 1. The van der Waals surface area contributed by atoms with Gasteiger partial charge in [-0.3, -0.25) is 10.1 Å². The molecule has 0 atom stereocenters. The molecule has 0 aliphatic heterocycles. The van der Waals surface area contributed by atoms with E-state index in [1.54, 1.807) is 26.4 Å². The third-order valence-electron chi connectivity index (χ3n) is 4.04. The molecule has 0 radical (unpaired) electrons. The molecule has 2 rings (SSSR count). The van der Waals surface area contributed by atoms with Gasteiger partial charge in [-0.1, -0.05) is 5.16 Å². The lowest BCUT2D eigenvalue weighted by molar-refractivity contribution is -0.384. The zero-order valence-electron chi connectivity index (χ0n) is 15.8. The van der Waals surface area contributed by atoms with E-state index in [9.17, 15) is 10.1 Å². The molecule has 0 fully saturated rings. The Morgan fingerprint density at radius 2 is 1.74 bits per heavy atom. The first-order valence-corrected chi connectivity index (χ1v) is 8.31. The minimum Gasteiger partial charge on any atom is -0.493 e. The number of nitrogens with zero attached hydrogens (tertiary/aromatic N) is 2. The van der Waals surface area contributed by atoms with Crippen molar-refractivity contribution in [3.05, 3.63) is 63.2 Å². The van der Waals surface area contributed by atoms with Gasteiger partial charge in [-0.2, -0.15) is 0 Å². The van der Waals surface area contributed by atoms with Crippen LogP contribution in [0, 0.1) is 10.1 Å². The summed E-state index contributed by atoms with van der Waals surface area (Å²) < 4.78 is 10.8. The Labute approximate surface area is 157 Å². The summed E-state index contributed by atoms with van der Waals surface area (Å²) in [4.78, 5) is 15.5. The predicted octanol–water partition coefficient (Wildman–Crippen LogP) is 2.77. The lowest BCUT2D eigenvalue weighted by Gasteiger charge is -2.16. The van der Waals surface area contributed by atoms with Gasteiger partial charge in [0.25, 0.3) is 5.69 Å². The van der Waals surface area contributed by atoms with Crippen molar-refractivity contribution in [3.8, 4) is 11.5 Å². The SMILES string of the molecule is CNCCc1cc(OC)c(OC)cc1/C(=N\OC)c1ccc([N+](=O)[O-])cc1. The van der Waals surface area contributed by atoms with Gasteiger partial charge in [0, 0.05) is 23.3 Å². The summed E-state index contributed by atoms with van der Waals surface area (Å²) in [5.41, 5.74) is 3.05. The molecular formula is C19H23N3O5. The summed E-state index contributed by atoms with van der Waals surface area (Å²) in [6, 6.07) is 9.91. The number of nitro benzene ring substituents is 1. The van der Waals surface area contributed by atoms with Crippen LogP contribution in [0.1, 0.15) is 16.7 Å². The first-order chi connectivity index (χ1) is 13.0. The van der Waals surface area contributed by atoms with Crippen LogP contribution >= 0.6 is 0 Å². The van der Waals surface area contributed by atoms with Crippen LogP contribution < -0.4 is 14.8 Å². The van der Waals surface area contributed by atoms with Gasteiger partial charge in [0.2, 0.25) is 0 Å². The summed E-state index contributed by atoms with van der Waals surface area (Å²) in [6.07, 6.45) is 0.724. The molecule has 0 bridgehead atoms. The molecule has 0 aliphatic carbocycles. The number of hydrogen-bond acceptors (Lipinski definition) is 7. The number of oxime groups is 1. The fourth-order valence-corrected chi connectivity index (χ4v) is 2.70. The van der Waals surface area contributed by atoms with Gasteiger partial charge in [-0.15, -0.1) is 0 Å². The van der Waals surface area contributed by atoms with Crippen molar-refractivity contribution in [2.24, 2.45) is 5.16 Å². The van der Waals surface area contributed by atoms with Crippen LogP contribution in [0.15, 0.2) is 41.6 Å². The third kappa shape index (κ3) is 4.73. The highest BCUT2D eigenvalue weighted by Crippen LogP contribution is 2.32. The molecule has 2 aromatic rings. The standard InChI is InChI=1S/C19H23N3O5/c1-20-10-9-14-11-17(25-2)18(26-3)12-16(14)19(21-27-4)13-5-7-15(8-6-13)22(23)24/h5-8,11-12,20H,9-10H2,1-4H3/b21-19-. The molecule has 0 spiro atoms. The van der Waals surface area contributed by atoms with Crippen LogP contribution in [-0.2, 0) is 11.3 Å². The molecule has 8 heteroatoms. The number of rotatable bonds is 9. The van der Waals surface area contributed by atoms with Gasteiger partial charge in [0.05, 0.1) is 19.1 Å². The Morgan fingerprint density at radius 3 is 2.26 bits per heavy atom. The quantitative estimate of drug-likeness (QED) is 0.413. The molecule has 27 heavy (non-hydrogen) atoms. The number of methoxy groups -OCH3 is 2. The Bertz CT molecular complexity index is 819. The first kappa shape index (κ1) is 20.2. The fourth-order valence-electron chi connectivity index (χ4n) is 2.70. The summed E-state index contributed by atoms with van der Waals surface area (Å²) in [6.45, 7) is 0.753. The lowest BCUT2D eigenvalue weighted by Crippen LogP contribution is -2.15. The van der Waals surface area contributed by atoms with E-state index >= 15 is 0 Å². The topological polar surface area (TPSA) is 95.2 Å². The second kappa shape index (κ2) is 9.54. The third-order valence-corrected chi connectivity index (χ3v) is 4.04. The monoisotopic (exact) mass is 373 g/mol. The van der Waals surface area contributed by atoms with E-state index in [1.807, 2.05) is 19.2 Å². The van der Waals surface area contributed by atoms with Crippen LogP contribution in [0.25, 0.3) is 0 Å². The highest BCUT2D eigenvalue weighted by atomic mass is 16.6. The molecule has 2 aromatic carbocycles. The molecule has 0 aromatic heterocycles. The zero-order chi connectivity index (χ0) is 19.8. The van der Waals surface area contributed by atoms with E-state index in [1.165, 1.54) is 19.2 Å². The average Bonchev–Trinajstić information content (AvgIpc) is 2.70. The normalized spacial score (nSPS) is 11.2. The van der Waals surface area contributed by atoms with Crippen molar-refractivity contribution in [1.82, 2.24) is 5.32 Å². The van der Waals surface area contributed by atoms with Gasteiger partial charge >= 0.3 is 0 Å². The maximum atomic E-state index is 10.9. The summed E-state index contributed by atoms with van der Waals surface area (Å²) in [7, 11) is 6.48. The van der Waals surface area contributed by atoms with E-state index in [2.05, 4.69) is 10.5 Å². The Balaban J connectivity index is 2.60. The van der Waals surface area contributed by atoms with Gasteiger partial charge in [-0.05, 0) is 49.8 Å². The molecule has 0 aliphatic rings. The van der Waals surface area contributed by atoms with Crippen molar-refractivity contribution in [1.29, 1.82) is 0 Å². The van der Waals surface area contributed by atoms with Crippen molar-refractivity contribution < 1.29 is 19.2 Å². The number of likely N-dealkylation sites (N-methyl/N-ethyl adjacent to an activating group) is 1. The Kier molecular flexibility index (Phi) is 7.13. The van der Waals surface area contributed by atoms with Gasteiger partial charge in [0.15, 0.2) is 11.5 Å². The maximum absolute atomic E-state index is 10.9. The smallest absolute Gasteiger partial charge is 0.269 e. The Hall–Kier alpha value is -3.13. The maximum Gasteiger partial charge on any atom is 0.269 e. The average molecular weight is 373 g/mol. The van der Waals surface area contributed by atoms with Crippen LogP contribution in [0.2, 0.25) is 0 Å². The van der Waals surface area contributed by atoms with Crippen molar-refractivity contribution in [3.63, 3.8) is 0 Å². The number of nitro groups is 1. The van der Waals surface area contributed by atoms with Gasteiger partial charge in [-0.25, -0.2) is 0 Å². The van der Waals surface area contributed by atoms with Crippen LogP contribution in [0.4, 0.5) is 5.69 Å². The van der Waals surface area contributed by atoms with E-state index in [4.69, 9.17) is 14.3 Å². The zero-order valence-corrected chi connectivity index (χ0v) is 15.8. The molecular weight excluding hydrogens is 350 g/mol. The van der Waals surface area contributed by atoms with E-state index in [0.29, 0.717) is 22.8 Å². The number of ether oxygens (including phenoxy) is 2. The first-order valence-electron chi connectivity index (χ1n) is 8.31. The fraction of sp³-hybridized carbons (Fsp3) is 0.316. The second-order valence-electron chi connectivity index (χ2n) is 5.64. The molecule has 144 valence electrons. The minimum absolute atomic E-state index is 0.0123. The minimum atomic E-state index is -0.439. The number of nitrogens with one attached hydrogen (secondary N) is 1. The highest BCUT2D eigenvalue weighted by molar-refractivity contribution is 6.14. The van der Waals surface area contributed by atoms with Crippen LogP contribution in [-0.4, -0.2) is 45.6 Å². The number of non-ortho nitro benzene ring substituents is 1. The molecule has 0 amide bonds. The Morgan fingerprint density at radius 1 is 1.11 bits per heavy atom. The molecule has 8 nitrogen and oxygen atoms in total. The van der Waals surface area contributed by atoms with Crippen molar-refractivity contribution in [2.45, 2.75) is 6.42 Å². The lowest BCUT2D eigenvalue weighted by atomic mass is 9.95. The van der Waals surface area contributed by atoms with Crippen molar-refractivity contribution >= 4 is 11.4 Å². The van der Waals surface area contributed by atoms with E-state index in [-0.39, 0.29) is 5.69 Å². The van der Waals surface area contributed by atoms with Crippen LogP contribution in [0.3, 0.4) is 0 Å². The van der Waals surface area contributed by atoms with E-state index in [0.717, 1.165) is 24.1 Å². The van der Waals surface area contributed by atoms with Gasteiger partial charge in [0.1, 0.15) is 12.8 Å². The van der Waals surface area contributed by atoms with Gasteiger partial charge < -0.3 is 19.6 Å². The highest BCUT2D eigenvalue weighted by Gasteiger charge is 2.18. The predicted molar refractivity (Wildman–Crippen MR) is 103 cm³/mol.